The van der Waals surface area contributed by atoms with Crippen LogP contribution in [0.1, 0.15) is 69.6 Å². The quantitative estimate of drug-likeness (QED) is 0.871. The van der Waals surface area contributed by atoms with Gasteiger partial charge in [0, 0.05) is 5.41 Å². The highest BCUT2D eigenvalue weighted by Gasteiger charge is 2.40. The summed E-state index contributed by atoms with van der Waals surface area (Å²) < 4.78 is 5.50. The summed E-state index contributed by atoms with van der Waals surface area (Å²) in [5.41, 5.74) is 6.26. The molecular weight excluding hydrogens is 214 g/mol. The molecule has 0 aromatic carbocycles. The molecule has 0 bridgehead atoms. The molecule has 0 spiro atoms. The smallest absolute Gasteiger partial charge is 0.232 e. The van der Waals surface area contributed by atoms with E-state index >= 15 is 0 Å². The molecule has 2 N–H and O–H groups in total. The van der Waals surface area contributed by atoms with Gasteiger partial charge in [0.05, 0.1) is 6.04 Å². The number of nitrogens with two attached hydrogens (primary N) is 1. The van der Waals surface area contributed by atoms with E-state index in [1.807, 2.05) is 0 Å². The van der Waals surface area contributed by atoms with E-state index in [2.05, 4.69) is 17.1 Å². The highest BCUT2D eigenvalue weighted by molar-refractivity contribution is 5.10. The largest absolute Gasteiger partial charge is 0.339 e. The van der Waals surface area contributed by atoms with Crippen LogP contribution in [0.5, 0.6) is 0 Å². The molecule has 1 unspecified atom stereocenters. The highest BCUT2D eigenvalue weighted by Crippen LogP contribution is 2.44. The van der Waals surface area contributed by atoms with Crippen LogP contribution in [0.3, 0.4) is 0 Å². The highest BCUT2D eigenvalue weighted by atomic mass is 16.5. The zero-order valence-electron chi connectivity index (χ0n) is 10.5. The Morgan fingerprint density at radius 1 is 1.41 bits per heavy atom. The summed E-state index contributed by atoms with van der Waals surface area (Å²) in [4.78, 5) is 4.59. The Morgan fingerprint density at radius 2 is 2.12 bits per heavy atom. The van der Waals surface area contributed by atoms with Crippen LogP contribution < -0.4 is 5.73 Å². The van der Waals surface area contributed by atoms with Crippen molar-refractivity contribution in [3.63, 3.8) is 0 Å². The molecule has 17 heavy (non-hydrogen) atoms. The number of nitrogens with zero attached hydrogens (tertiary/aromatic N) is 2. The minimum Gasteiger partial charge on any atom is -0.339 e. The summed E-state index contributed by atoms with van der Waals surface area (Å²) in [6.45, 7) is 2.22. The summed E-state index contributed by atoms with van der Waals surface area (Å²) in [5, 5.41) is 4.10. The molecule has 1 aromatic heterocycles. The first-order valence-electron chi connectivity index (χ1n) is 6.85. The molecular formula is C13H21N3O. The van der Waals surface area contributed by atoms with Crippen molar-refractivity contribution >= 4 is 0 Å². The van der Waals surface area contributed by atoms with Crippen molar-refractivity contribution in [3.8, 4) is 0 Å². The van der Waals surface area contributed by atoms with Gasteiger partial charge in [-0.1, -0.05) is 24.9 Å². The van der Waals surface area contributed by atoms with Gasteiger partial charge in [0.2, 0.25) is 5.89 Å². The van der Waals surface area contributed by atoms with E-state index < -0.39 is 0 Å². The van der Waals surface area contributed by atoms with Crippen LogP contribution in [0.2, 0.25) is 0 Å². The lowest BCUT2D eigenvalue weighted by molar-refractivity contribution is 0.271. The van der Waals surface area contributed by atoms with Crippen molar-refractivity contribution in [2.75, 3.05) is 0 Å². The maximum Gasteiger partial charge on any atom is 0.232 e. The third-order valence-electron chi connectivity index (χ3n) is 4.56. The third kappa shape index (κ3) is 1.88. The first-order chi connectivity index (χ1) is 8.25. The zero-order chi connectivity index (χ0) is 11.9. The Bertz CT molecular complexity index is 391. The van der Waals surface area contributed by atoms with E-state index in [-0.39, 0.29) is 11.5 Å². The van der Waals surface area contributed by atoms with Crippen LogP contribution in [-0.2, 0) is 5.41 Å². The average Bonchev–Trinajstić information content (AvgIpc) is 2.90. The van der Waals surface area contributed by atoms with Gasteiger partial charge in [-0.15, -0.1) is 0 Å². The Balaban J connectivity index is 1.83. The molecule has 0 saturated heterocycles. The molecule has 94 valence electrons. The molecule has 0 amide bonds. The average molecular weight is 235 g/mol. The SMILES string of the molecule is CCC1(c2nc(C(N)C3CC3)no2)CCCC1. The van der Waals surface area contributed by atoms with Gasteiger partial charge >= 0.3 is 0 Å². The van der Waals surface area contributed by atoms with Gasteiger partial charge < -0.3 is 10.3 Å². The van der Waals surface area contributed by atoms with E-state index in [1.54, 1.807) is 0 Å². The lowest BCUT2D eigenvalue weighted by atomic mass is 9.83. The molecule has 0 radical (unpaired) electrons. The van der Waals surface area contributed by atoms with Crippen LogP contribution in [-0.4, -0.2) is 10.1 Å². The van der Waals surface area contributed by atoms with Crippen molar-refractivity contribution in [2.24, 2.45) is 11.7 Å². The molecule has 0 aliphatic heterocycles. The molecule has 2 aliphatic carbocycles. The number of aromatic nitrogens is 2. The fourth-order valence-electron chi connectivity index (χ4n) is 3.02. The monoisotopic (exact) mass is 235 g/mol. The summed E-state index contributed by atoms with van der Waals surface area (Å²) in [5.74, 6) is 2.15. The molecule has 4 nitrogen and oxygen atoms in total. The maximum absolute atomic E-state index is 6.11. The first kappa shape index (κ1) is 11.2. The van der Waals surface area contributed by atoms with E-state index in [0.29, 0.717) is 5.92 Å². The molecule has 3 rings (SSSR count). The van der Waals surface area contributed by atoms with Gasteiger partial charge in [-0.25, -0.2) is 0 Å². The number of hydrogen-bond acceptors (Lipinski definition) is 4. The van der Waals surface area contributed by atoms with Crippen LogP contribution >= 0.6 is 0 Å². The molecule has 2 saturated carbocycles. The Labute approximate surface area is 102 Å². The number of rotatable bonds is 4. The van der Waals surface area contributed by atoms with E-state index in [9.17, 15) is 0 Å². The topological polar surface area (TPSA) is 64.9 Å². The molecule has 1 aromatic rings. The van der Waals surface area contributed by atoms with Gasteiger partial charge in [-0.05, 0) is 38.0 Å². The van der Waals surface area contributed by atoms with Gasteiger partial charge in [0.15, 0.2) is 5.82 Å². The van der Waals surface area contributed by atoms with Crippen molar-refractivity contribution < 1.29 is 4.52 Å². The normalized spacial score (nSPS) is 25.1. The Hall–Kier alpha value is -0.900. The van der Waals surface area contributed by atoms with Gasteiger partial charge in [0.25, 0.3) is 0 Å². The minimum atomic E-state index is -0.0113. The summed E-state index contributed by atoms with van der Waals surface area (Å²) >= 11 is 0. The van der Waals surface area contributed by atoms with Crippen LogP contribution in [0.15, 0.2) is 4.52 Å². The summed E-state index contributed by atoms with van der Waals surface area (Å²) in [6, 6.07) is -0.0113. The van der Waals surface area contributed by atoms with Gasteiger partial charge in [0.1, 0.15) is 0 Å². The van der Waals surface area contributed by atoms with Gasteiger partial charge in [-0.2, -0.15) is 4.98 Å². The van der Waals surface area contributed by atoms with Crippen LogP contribution in [0.25, 0.3) is 0 Å². The predicted molar refractivity (Wildman–Crippen MR) is 64.4 cm³/mol. The van der Waals surface area contributed by atoms with E-state index in [0.717, 1.165) is 18.1 Å². The molecule has 2 aliphatic rings. The molecule has 2 fully saturated rings. The lowest BCUT2D eigenvalue weighted by Gasteiger charge is -2.21. The second kappa shape index (κ2) is 4.09. The van der Waals surface area contributed by atoms with Crippen molar-refractivity contribution in [1.29, 1.82) is 0 Å². The van der Waals surface area contributed by atoms with Crippen LogP contribution in [0, 0.1) is 5.92 Å². The fraction of sp³-hybridized carbons (Fsp3) is 0.846. The molecule has 4 heteroatoms. The van der Waals surface area contributed by atoms with Crippen LogP contribution in [0.4, 0.5) is 0 Å². The van der Waals surface area contributed by atoms with Crippen molar-refractivity contribution in [1.82, 2.24) is 10.1 Å². The predicted octanol–water partition coefficient (Wildman–Crippen LogP) is 2.70. The lowest BCUT2D eigenvalue weighted by Crippen LogP contribution is -2.22. The van der Waals surface area contributed by atoms with Gasteiger partial charge in [-0.3, -0.25) is 0 Å². The minimum absolute atomic E-state index is 0.0113. The second-order valence-electron chi connectivity index (χ2n) is 5.66. The van der Waals surface area contributed by atoms with Crippen molar-refractivity contribution in [3.05, 3.63) is 11.7 Å². The number of hydrogen-bond donors (Lipinski definition) is 1. The zero-order valence-corrected chi connectivity index (χ0v) is 10.5. The third-order valence-corrected chi connectivity index (χ3v) is 4.56. The second-order valence-corrected chi connectivity index (χ2v) is 5.66. The Kier molecular flexibility index (Phi) is 2.69. The summed E-state index contributed by atoms with van der Waals surface area (Å²) in [6.07, 6.45) is 8.44. The Morgan fingerprint density at radius 3 is 2.71 bits per heavy atom. The fourth-order valence-corrected chi connectivity index (χ4v) is 3.02. The molecule has 1 heterocycles. The van der Waals surface area contributed by atoms with E-state index in [4.69, 9.17) is 10.3 Å². The van der Waals surface area contributed by atoms with Crippen molar-refractivity contribution in [2.45, 2.75) is 63.3 Å². The standard InChI is InChI=1S/C13H21N3O/c1-2-13(7-3-4-8-13)12-15-11(16-17-12)10(14)9-5-6-9/h9-10H,2-8,14H2,1H3. The molecule has 1 atom stereocenters. The van der Waals surface area contributed by atoms with E-state index in [1.165, 1.54) is 38.5 Å². The summed E-state index contributed by atoms with van der Waals surface area (Å²) in [7, 11) is 0. The maximum atomic E-state index is 6.11. The first-order valence-corrected chi connectivity index (χ1v) is 6.85.